The molecule has 0 saturated heterocycles. The van der Waals surface area contributed by atoms with Crippen molar-refractivity contribution in [2.75, 3.05) is 0 Å². The maximum Gasteiger partial charge on any atom is 0.341 e. The molecule has 1 aromatic rings. The van der Waals surface area contributed by atoms with Crippen LogP contribution in [0.5, 0.6) is 0 Å². The molecular formula is C10H10ClNO3. The molecule has 0 spiro atoms. The van der Waals surface area contributed by atoms with E-state index < -0.39 is 17.4 Å². The molecule has 15 heavy (non-hydrogen) atoms. The van der Waals surface area contributed by atoms with E-state index >= 15 is 0 Å². The zero-order valence-corrected chi connectivity index (χ0v) is 8.78. The summed E-state index contributed by atoms with van der Waals surface area (Å²) in [6.45, 7) is 1.89. The van der Waals surface area contributed by atoms with Crippen LogP contribution in [0.25, 0.3) is 0 Å². The minimum Gasteiger partial charge on any atom is -0.479 e. The van der Waals surface area contributed by atoms with Crippen LogP contribution < -0.4 is 5.32 Å². The average molecular weight is 228 g/mol. The second-order valence-corrected chi connectivity index (χ2v) is 3.48. The van der Waals surface area contributed by atoms with Gasteiger partial charge in [-0.15, -0.1) is 0 Å². The Labute approximate surface area is 91.9 Å². The van der Waals surface area contributed by atoms with Gasteiger partial charge in [-0.2, -0.15) is 0 Å². The molecule has 0 fully saturated rings. The quantitative estimate of drug-likeness (QED) is 0.606. The van der Waals surface area contributed by atoms with Gasteiger partial charge in [0.1, 0.15) is 0 Å². The smallest absolute Gasteiger partial charge is 0.341 e. The number of carbonyl (C=O) groups is 2. The third kappa shape index (κ3) is 3.25. The van der Waals surface area contributed by atoms with Crippen LogP contribution >= 0.6 is 11.6 Å². The first-order valence-corrected chi connectivity index (χ1v) is 4.69. The third-order valence-corrected chi connectivity index (χ3v) is 2.08. The van der Waals surface area contributed by atoms with Crippen molar-refractivity contribution in [3.63, 3.8) is 0 Å². The number of aliphatic carboxylic acids is 1. The van der Waals surface area contributed by atoms with E-state index in [2.05, 4.69) is 5.32 Å². The number of benzene rings is 1. The van der Waals surface area contributed by atoms with Gasteiger partial charge in [0.15, 0.2) is 0 Å². The van der Waals surface area contributed by atoms with Gasteiger partial charge >= 0.3 is 5.97 Å². The van der Waals surface area contributed by atoms with E-state index in [1.807, 2.05) is 6.92 Å². The second-order valence-electron chi connectivity index (χ2n) is 3.04. The summed E-state index contributed by atoms with van der Waals surface area (Å²) in [6.07, 6.45) is 0. The second kappa shape index (κ2) is 4.79. The molecular weight excluding hydrogens is 218 g/mol. The van der Waals surface area contributed by atoms with Crippen LogP contribution in [0, 0.1) is 6.92 Å². The maximum atomic E-state index is 11.4. The Morgan fingerprint density at radius 3 is 2.33 bits per heavy atom. The first-order chi connectivity index (χ1) is 7.00. The standard InChI is InChI=1S/C10H10ClNO3/c1-6-2-4-7(5-3-6)9(13)12-8(11)10(14)15/h2-5,8H,1H3,(H,12,13)(H,14,15). The summed E-state index contributed by atoms with van der Waals surface area (Å²) in [5, 5.41) is 10.6. The highest BCUT2D eigenvalue weighted by molar-refractivity contribution is 6.30. The molecule has 1 aromatic carbocycles. The molecule has 0 saturated carbocycles. The zero-order chi connectivity index (χ0) is 11.4. The van der Waals surface area contributed by atoms with Crippen LogP contribution in [0.3, 0.4) is 0 Å². The average Bonchev–Trinajstić information content (AvgIpc) is 2.18. The number of nitrogens with one attached hydrogen (secondary N) is 1. The number of carboxylic acids is 1. The highest BCUT2D eigenvalue weighted by atomic mass is 35.5. The number of halogens is 1. The van der Waals surface area contributed by atoms with Gasteiger partial charge in [0.05, 0.1) is 0 Å². The van der Waals surface area contributed by atoms with Crippen LogP contribution in [0.4, 0.5) is 0 Å². The summed E-state index contributed by atoms with van der Waals surface area (Å²) in [7, 11) is 0. The maximum absolute atomic E-state index is 11.4. The summed E-state index contributed by atoms with van der Waals surface area (Å²) in [5.41, 5.74) is -0.00138. The number of hydrogen-bond donors (Lipinski definition) is 2. The predicted octanol–water partition coefficient (Wildman–Crippen LogP) is 1.37. The van der Waals surface area contributed by atoms with Crippen molar-refractivity contribution in [3.05, 3.63) is 35.4 Å². The van der Waals surface area contributed by atoms with E-state index in [-0.39, 0.29) is 0 Å². The summed E-state index contributed by atoms with van der Waals surface area (Å²) < 4.78 is 0. The molecule has 0 bridgehead atoms. The van der Waals surface area contributed by atoms with E-state index in [0.717, 1.165) is 5.56 Å². The van der Waals surface area contributed by atoms with Gasteiger partial charge in [0.2, 0.25) is 5.50 Å². The molecule has 1 rings (SSSR count). The van der Waals surface area contributed by atoms with E-state index in [1.54, 1.807) is 24.3 Å². The predicted molar refractivity (Wildman–Crippen MR) is 55.9 cm³/mol. The number of carboxylic acid groups (broad SMARTS) is 1. The molecule has 1 amide bonds. The largest absolute Gasteiger partial charge is 0.479 e. The van der Waals surface area contributed by atoms with Crippen LogP contribution in [0.1, 0.15) is 15.9 Å². The minimum atomic E-state index is -1.40. The third-order valence-electron chi connectivity index (χ3n) is 1.79. The Bertz CT molecular complexity index is 375. The Hall–Kier alpha value is -1.55. The van der Waals surface area contributed by atoms with E-state index in [4.69, 9.17) is 16.7 Å². The van der Waals surface area contributed by atoms with E-state index in [1.165, 1.54) is 0 Å². The van der Waals surface area contributed by atoms with Crippen molar-refractivity contribution >= 4 is 23.5 Å². The number of aryl methyl sites for hydroxylation is 1. The number of rotatable bonds is 3. The number of hydrogen-bond acceptors (Lipinski definition) is 2. The molecule has 0 radical (unpaired) electrons. The van der Waals surface area contributed by atoms with Gasteiger partial charge in [-0.05, 0) is 19.1 Å². The summed E-state index contributed by atoms with van der Waals surface area (Å²) in [4.78, 5) is 21.8. The van der Waals surface area contributed by atoms with Crippen molar-refractivity contribution < 1.29 is 14.7 Å². The highest BCUT2D eigenvalue weighted by Crippen LogP contribution is 2.04. The van der Waals surface area contributed by atoms with Gasteiger partial charge in [-0.1, -0.05) is 29.3 Å². The fourth-order valence-corrected chi connectivity index (χ4v) is 1.06. The fourth-order valence-electron chi connectivity index (χ4n) is 0.965. The van der Waals surface area contributed by atoms with E-state index in [0.29, 0.717) is 5.56 Å². The van der Waals surface area contributed by atoms with Gasteiger partial charge in [0.25, 0.3) is 5.91 Å². The number of amides is 1. The minimum absolute atomic E-state index is 0.382. The first kappa shape index (κ1) is 11.5. The monoisotopic (exact) mass is 227 g/mol. The molecule has 80 valence electrons. The Kier molecular flexibility index (Phi) is 3.68. The SMILES string of the molecule is Cc1ccc(C(=O)NC(Cl)C(=O)O)cc1. The molecule has 0 aliphatic heterocycles. The molecule has 5 heteroatoms. The van der Waals surface area contributed by atoms with Crippen LogP contribution in [0.2, 0.25) is 0 Å². The molecule has 0 heterocycles. The fraction of sp³-hybridized carbons (Fsp3) is 0.200. The Balaban J connectivity index is 2.69. The molecule has 0 aliphatic rings. The van der Waals surface area contributed by atoms with Gasteiger partial charge in [-0.25, -0.2) is 4.79 Å². The van der Waals surface area contributed by atoms with Crippen molar-refractivity contribution in [1.29, 1.82) is 0 Å². The topological polar surface area (TPSA) is 66.4 Å². The highest BCUT2D eigenvalue weighted by Gasteiger charge is 2.16. The molecule has 2 N–H and O–H groups in total. The summed E-state index contributed by atoms with van der Waals surface area (Å²) in [6, 6.07) is 6.74. The normalized spacial score (nSPS) is 11.9. The summed E-state index contributed by atoms with van der Waals surface area (Å²) in [5.74, 6) is -1.78. The zero-order valence-electron chi connectivity index (χ0n) is 8.03. The lowest BCUT2D eigenvalue weighted by Gasteiger charge is -2.07. The van der Waals surface area contributed by atoms with Crippen molar-refractivity contribution in [1.82, 2.24) is 5.32 Å². The van der Waals surface area contributed by atoms with Crippen LogP contribution in [0.15, 0.2) is 24.3 Å². The molecule has 4 nitrogen and oxygen atoms in total. The lowest BCUT2D eigenvalue weighted by atomic mass is 10.1. The van der Waals surface area contributed by atoms with Gasteiger partial charge in [-0.3, -0.25) is 4.79 Å². The van der Waals surface area contributed by atoms with Crippen LogP contribution in [-0.4, -0.2) is 22.5 Å². The molecule has 0 aromatic heterocycles. The van der Waals surface area contributed by atoms with Gasteiger partial charge < -0.3 is 10.4 Å². The number of alkyl halides is 1. The van der Waals surface area contributed by atoms with Crippen LogP contribution in [-0.2, 0) is 4.79 Å². The Morgan fingerprint density at radius 2 is 1.87 bits per heavy atom. The molecule has 0 aliphatic carbocycles. The molecule has 1 unspecified atom stereocenters. The lowest BCUT2D eigenvalue weighted by Crippen LogP contribution is -2.36. The first-order valence-electron chi connectivity index (χ1n) is 4.25. The summed E-state index contributed by atoms with van der Waals surface area (Å²) >= 11 is 5.36. The van der Waals surface area contributed by atoms with Crippen molar-refractivity contribution in [2.24, 2.45) is 0 Å². The van der Waals surface area contributed by atoms with Crippen molar-refractivity contribution in [3.8, 4) is 0 Å². The van der Waals surface area contributed by atoms with Crippen molar-refractivity contribution in [2.45, 2.75) is 12.4 Å². The van der Waals surface area contributed by atoms with E-state index in [9.17, 15) is 9.59 Å². The van der Waals surface area contributed by atoms with Gasteiger partial charge in [0, 0.05) is 5.56 Å². The Morgan fingerprint density at radius 1 is 1.33 bits per heavy atom. The number of carbonyl (C=O) groups excluding carboxylic acids is 1. The lowest BCUT2D eigenvalue weighted by molar-refractivity contribution is -0.137. The molecule has 1 atom stereocenters.